The van der Waals surface area contributed by atoms with Crippen molar-refractivity contribution in [2.45, 2.75) is 56.2 Å². The van der Waals surface area contributed by atoms with Gasteiger partial charge in [0.25, 0.3) is 0 Å². The van der Waals surface area contributed by atoms with Crippen LogP contribution in [0.25, 0.3) is 11.0 Å². The Kier molecular flexibility index (Phi) is 5.73. The van der Waals surface area contributed by atoms with E-state index in [9.17, 15) is 4.39 Å². The molecule has 5 heterocycles. The average molecular weight is 480 g/mol. The van der Waals surface area contributed by atoms with Crippen LogP contribution in [-0.4, -0.2) is 48.0 Å². The van der Waals surface area contributed by atoms with Crippen LogP contribution >= 0.6 is 0 Å². The van der Waals surface area contributed by atoms with Gasteiger partial charge in [-0.1, -0.05) is 6.07 Å². The molecule has 0 amide bonds. The number of ether oxygens (including phenoxy) is 4. The van der Waals surface area contributed by atoms with E-state index in [0.29, 0.717) is 48.7 Å². The number of nitrogens with one attached hydrogen (secondary N) is 1. The zero-order chi connectivity index (χ0) is 23.9. The van der Waals surface area contributed by atoms with Gasteiger partial charge in [-0.15, -0.1) is 0 Å². The van der Waals surface area contributed by atoms with Crippen LogP contribution in [0.15, 0.2) is 36.5 Å². The van der Waals surface area contributed by atoms with Crippen LogP contribution in [0.5, 0.6) is 17.4 Å². The maximum Gasteiger partial charge on any atom is 0.213 e. The molecule has 0 atom stereocenters. The summed E-state index contributed by atoms with van der Waals surface area (Å²) in [5.41, 5.74) is 2.79. The molecule has 1 aromatic carbocycles. The number of aryl methyl sites for hydroxylation is 1. The lowest BCUT2D eigenvalue weighted by atomic mass is 9.69. The lowest BCUT2D eigenvalue weighted by Crippen LogP contribution is -2.61. The first-order chi connectivity index (χ1) is 17.1. The molecular formula is C27H30FN3O4. The SMILES string of the molecule is COc1ccc2ncc(F)c(CCC34CCC(NCc5ccc6c(c5)OCCO6)(CC3)CO4)c2n1. The summed E-state index contributed by atoms with van der Waals surface area (Å²) in [4.78, 5) is 8.66. The van der Waals surface area contributed by atoms with Crippen molar-refractivity contribution < 1.29 is 23.3 Å². The quantitative estimate of drug-likeness (QED) is 0.540. The number of methoxy groups -OCH3 is 1. The van der Waals surface area contributed by atoms with E-state index >= 15 is 0 Å². The van der Waals surface area contributed by atoms with Gasteiger partial charge in [-0.2, -0.15) is 0 Å². The summed E-state index contributed by atoms with van der Waals surface area (Å²) in [5, 5.41) is 3.77. The van der Waals surface area contributed by atoms with E-state index in [-0.39, 0.29) is 17.0 Å². The van der Waals surface area contributed by atoms with E-state index in [1.165, 1.54) is 11.8 Å². The fourth-order valence-electron chi connectivity index (χ4n) is 5.58. The van der Waals surface area contributed by atoms with Crippen LogP contribution in [0.3, 0.4) is 0 Å². The van der Waals surface area contributed by atoms with Crippen molar-refractivity contribution in [3.8, 4) is 17.4 Å². The number of aromatic nitrogens is 2. The Morgan fingerprint density at radius 1 is 1.06 bits per heavy atom. The van der Waals surface area contributed by atoms with E-state index in [1.807, 2.05) is 12.1 Å². The van der Waals surface area contributed by atoms with Crippen LogP contribution in [0.4, 0.5) is 4.39 Å². The molecule has 7 nitrogen and oxygen atoms in total. The molecule has 3 aromatic rings. The molecule has 2 saturated heterocycles. The summed E-state index contributed by atoms with van der Waals surface area (Å²) in [6.45, 7) is 2.62. The highest BCUT2D eigenvalue weighted by Crippen LogP contribution is 2.46. The first kappa shape index (κ1) is 22.5. The van der Waals surface area contributed by atoms with Gasteiger partial charge in [0.05, 0.1) is 36.5 Å². The smallest absolute Gasteiger partial charge is 0.213 e. The lowest BCUT2D eigenvalue weighted by Gasteiger charge is -2.53. The molecule has 184 valence electrons. The first-order valence-electron chi connectivity index (χ1n) is 12.3. The molecule has 0 spiro atoms. The van der Waals surface area contributed by atoms with Gasteiger partial charge in [-0.25, -0.2) is 9.37 Å². The third kappa shape index (κ3) is 4.29. The van der Waals surface area contributed by atoms with Gasteiger partial charge in [0.15, 0.2) is 11.5 Å². The molecule has 0 unspecified atom stereocenters. The van der Waals surface area contributed by atoms with Crippen molar-refractivity contribution in [2.75, 3.05) is 26.9 Å². The van der Waals surface area contributed by atoms with Crippen LogP contribution in [0.2, 0.25) is 0 Å². The fourth-order valence-corrected chi connectivity index (χ4v) is 5.58. The zero-order valence-electron chi connectivity index (χ0n) is 19.9. The summed E-state index contributed by atoms with van der Waals surface area (Å²) >= 11 is 0. The number of rotatable bonds is 7. The van der Waals surface area contributed by atoms with Crippen molar-refractivity contribution in [1.29, 1.82) is 0 Å². The molecule has 2 aromatic heterocycles. The molecular weight excluding hydrogens is 449 g/mol. The highest BCUT2D eigenvalue weighted by atomic mass is 19.1. The standard InChI is InChI=1S/C27H30FN3O4/c1-32-24-5-3-21-25(31-24)19(20(28)16-29-21)6-7-27-10-8-26(9-11-27,17-35-27)30-15-18-2-4-22-23(14-18)34-13-12-33-22/h2-5,14,16,30H,6-13,15,17H2,1H3. The topological polar surface area (TPSA) is 74.7 Å². The van der Waals surface area contributed by atoms with Crippen LogP contribution in [0.1, 0.15) is 43.2 Å². The second-order valence-corrected chi connectivity index (χ2v) is 9.89. The number of hydrogen-bond acceptors (Lipinski definition) is 7. The monoisotopic (exact) mass is 479 g/mol. The molecule has 1 aliphatic carbocycles. The molecule has 1 N–H and O–H groups in total. The summed E-state index contributed by atoms with van der Waals surface area (Å²) in [7, 11) is 1.56. The molecule has 4 aliphatic rings. The molecule has 2 bridgehead atoms. The molecule has 3 fully saturated rings. The largest absolute Gasteiger partial charge is 0.486 e. The van der Waals surface area contributed by atoms with Crippen molar-refractivity contribution in [3.63, 3.8) is 0 Å². The highest BCUT2D eigenvalue weighted by molar-refractivity contribution is 5.78. The summed E-state index contributed by atoms with van der Waals surface area (Å²) in [6, 6.07) is 9.70. The number of pyridine rings is 2. The number of nitrogens with zero attached hydrogens (tertiary/aromatic N) is 2. The molecule has 7 rings (SSSR count). The molecule has 8 heteroatoms. The average Bonchev–Trinajstić information content (AvgIpc) is 2.92. The van der Waals surface area contributed by atoms with Gasteiger partial charge in [0.1, 0.15) is 19.0 Å². The molecule has 35 heavy (non-hydrogen) atoms. The summed E-state index contributed by atoms with van der Waals surface area (Å²) < 4.78 is 37.8. The second-order valence-electron chi connectivity index (χ2n) is 9.89. The van der Waals surface area contributed by atoms with Crippen LogP contribution in [0, 0.1) is 5.82 Å². The maximum absolute atomic E-state index is 14.8. The molecule has 3 aliphatic heterocycles. The lowest BCUT2D eigenvalue weighted by molar-refractivity contribution is -0.165. The van der Waals surface area contributed by atoms with Gasteiger partial charge in [-0.05, 0) is 62.3 Å². The zero-order valence-corrected chi connectivity index (χ0v) is 19.9. The Balaban J connectivity index is 1.10. The van der Waals surface area contributed by atoms with Crippen LogP contribution < -0.4 is 19.5 Å². The number of hydrogen-bond donors (Lipinski definition) is 1. The minimum Gasteiger partial charge on any atom is -0.486 e. The fraction of sp³-hybridized carbons (Fsp3) is 0.481. The van der Waals surface area contributed by atoms with Gasteiger partial charge in [0.2, 0.25) is 5.88 Å². The molecule has 1 saturated carbocycles. The second kappa shape index (κ2) is 8.91. The Hall–Kier alpha value is -2.97. The summed E-state index contributed by atoms with van der Waals surface area (Å²) in [5.74, 6) is 1.77. The van der Waals surface area contributed by atoms with Gasteiger partial charge in [-0.3, -0.25) is 4.98 Å². The van der Waals surface area contributed by atoms with Crippen molar-refractivity contribution >= 4 is 11.0 Å². The van der Waals surface area contributed by atoms with Gasteiger partial charge in [0, 0.05) is 23.7 Å². The summed E-state index contributed by atoms with van der Waals surface area (Å²) in [6.07, 6.45) is 6.62. The van der Waals surface area contributed by atoms with Gasteiger partial charge >= 0.3 is 0 Å². The van der Waals surface area contributed by atoms with E-state index in [1.54, 1.807) is 13.2 Å². The molecule has 0 radical (unpaired) electrons. The van der Waals surface area contributed by atoms with E-state index in [2.05, 4.69) is 27.4 Å². The van der Waals surface area contributed by atoms with Gasteiger partial charge < -0.3 is 24.3 Å². The third-order valence-electron chi connectivity index (χ3n) is 7.83. The number of benzene rings is 1. The third-order valence-corrected chi connectivity index (χ3v) is 7.83. The minimum absolute atomic E-state index is 0.0153. The first-order valence-corrected chi connectivity index (χ1v) is 12.3. The maximum atomic E-state index is 14.8. The van der Waals surface area contributed by atoms with Crippen molar-refractivity contribution in [3.05, 3.63) is 53.5 Å². The minimum atomic E-state index is -0.322. The predicted octanol–water partition coefficient (Wildman–Crippen LogP) is 4.35. The Labute approximate surface area is 204 Å². The Morgan fingerprint density at radius 2 is 1.89 bits per heavy atom. The number of fused-ring (bicyclic) bond motifs is 5. The van der Waals surface area contributed by atoms with E-state index in [4.69, 9.17) is 18.9 Å². The van der Waals surface area contributed by atoms with E-state index < -0.39 is 0 Å². The van der Waals surface area contributed by atoms with Crippen molar-refractivity contribution in [1.82, 2.24) is 15.3 Å². The highest BCUT2D eigenvalue weighted by Gasteiger charge is 2.49. The Bertz CT molecular complexity index is 1230. The predicted molar refractivity (Wildman–Crippen MR) is 129 cm³/mol. The normalized spacial score (nSPS) is 25.1. The van der Waals surface area contributed by atoms with Crippen LogP contribution in [-0.2, 0) is 17.7 Å². The van der Waals surface area contributed by atoms with E-state index in [0.717, 1.165) is 50.1 Å². The van der Waals surface area contributed by atoms with Crippen molar-refractivity contribution in [2.24, 2.45) is 0 Å². The number of halogens is 1. The Morgan fingerprint density at radius 3 is 2.66 bits per heavy atom.